The summed E-state index contributed by atoms with van der Waals surface area (Å²) in [6.07, 6.45) is 3.53. The molecule has 0 saturated carbocycles. The van der Waals surface area contributed by atoms with Crippen molar-refractivity contribution in [3.63, 3.8) is 0 Å². The Bertz CT molecular complexity index is 346. The fourth-order valence-corrected chi connectivity index (χ4v) is 2.59. The molecule has 0 bridgehead atoms. The molecule has 2 unspecified atom stereocenters. The smallest absolute Gasteiger partial charge is 0.0495 e. The van der Waals surface area contributed by atoms with Gasteiger partial charge in [-0.25, -0.2) is 0 Å². The second kappa shape index (κ2) is 7.13. The Morgan fingerprint density at radius 2 is 2.17 bits per heavy atom. The average molecular weight is 268 g/mol. The number of hydrogen-bond acceptors (Lipinski definition) is 2. The maximum absolute atomic E-state index is 5.92. The minimum absolute atomic E-state index is 0.435. The monoisotopic (exact) mass is 267 g/mol. The average Bonchev–Trinajstić information content (AvgIpc) is 2.89. The Morgan fingerprint density at radius 3 is 2.78 bits per heavy atom. The van der Waals surface area contributed by atoms with Gasteiger partial charge in [0, 0.05) is 24.3 Å². The van der Waals surface area contributed by atoms with Crippen molar-refractivity contribution in [3.05, 3.63) is 34.9 Å². The van der Waals surface area contributed by atoms with Gasteiger partial charge in [-0.3, -0.25) is 0 Å². The summed E-state index contributed by atoms with van der Waals surface area (Å²) in [5.74, 6) is 0.750. The molecule has 1 aromatic rings. The van der Waals surface area contributed by atoms with E-state index in [1.54, 1.807) is 0 Å². The minimum Gasteiger partial charge on any atom is -0.381 e. The highest BCUT2D eigenvalue weighted by molar-refractivity contribution is 6.30. The molecule has 0 amide bonds. The molecule has 3 heteroatoms. The van der Waals surface area contributed by atoms with E-state index < -0.39 is 0 Å². The first-order valence-corrected chi connectivity index (χ1v) is 7.24. The lowest BCUT2D eigenvalue weighted by molar-refractivity contribution is 0.184. The maximum Gasteiger partial charge on any atom is 0.0495 e. The molecule has 2 nitrogen and oxygen atoms in total. The van der Waals surface area contributed by atoms with Crippen LogP contribution in [0.1, 0.15) is 37.8 Å². The molecule has 1 aliphatic rings. The zero-order chi connectivity index (χ0) is 12.8. The van der Waals surface area contributed by atoms with Gasteiger partial charge in [-0.1, -0.05) is 30.7 Å². The van der Waals surface area contributed by atoms with Crippen molar-refractivity contribution in [2.75, 3.05) is 19.8 Å². The van der Waals surface area contributed by atoms with Gasteiger partial charge in [0.2, 0.25) is 0 Å². The topological polar surface area (TPSA) is 21.3 Å². The summed E-state index contributed by atoms with van der Waals surface area (Å²) in [6, 6.07) is 8.59. The summed E-state index contributed by atoms with van der Waals surface area (Å²) < 4.78 is 5.40. The molecule has 0 radical (unpaired) electrons. The summed E-state index contributed by atoms with van der Waals surface area (Å²) >= 11 is 5.92. The quantitative estimate of drug-likeness (QED) is 0.846. The fourth-order valence-electron chi connectivity index (χ4n) is 2.47. The SMILES string of the molecule is CCC(NCCC1CCOC1)c1ccc(Cl)cc1. The van der Waals surface area contributed by atoms with Crippen LogP contribution in [0.4, 0.5) is 0 Å². The number of rotatable bonds is 6. The Morgan fingerprint density at radius 1 is 1.39 bits per heavy atom. The molecule has 2 rings (SSSR count). The highest BCUT2D eigenvalue weighted by Crippen LogP contribution is 2.20. The fraction of sp³-hybridized carbons (Fsp3) is 0.600. The third-order valence-electron chi connectivity index (χ3n) is 3.65. The third-order valence-corrected chi connectivity index (χ3v) is 3.90. The highest BCUT2D eigenvalue weighted by Gasteiger charge is 2.16. The van der Waals surface area contributed by atoms with E-state index >= 15 is 0 Å². The summed E-state index contributed by atoms with van der Waals surface area (Å²) in [7, 11) is 0. The number of benzene rings is 1. The maximum atomic E-state index is 5.92. The van der Waals surface area contributed by atoms with Crippen molar-refractivity contribution in [2.45, 2.75) is 32.2 Å². The molecule has 1 heterocycles. The molecule has 1 aromatic carbocycles. The van der Waals surface area contributed by atoms with Crippen LogP contribution in [-0.4, -0.2) is 19.8 Å². The van der Waals surface area contributed by atoms with Crippen molar-refractivity contribution in [1.82, 2.24) is 5.32 Å². The molecule has 1 fully saturated rings. The van der Waals surface area contributed by atoms with Crippen LogP contribution in [0.25, 0.3) is 0 Å². The van der Waals surface area contributed by atoms with Gasteiger partial charge >= 0.3 is 0 Å². The molecule has 100 valence electrons. The minimum atomic E-state index is 0.435. The van der Waals surface area contributed by atoms with Gasteiger partial charge in [-0.05, 0) is 49.4 Å². The molecule has 1 N–H and O–H groups in total. The van der Waals surface area contributed by atoms with Crippen molar-refractivity contribution < 1.29 is 4.74 Å². The van der Waals surface area contributed by atoms with Gasteiger partial charge in [0.05, 0.1) is 0 Å². The lowest BCUT2D eigenvalue weighted by atomic mass is 10.0. The van der Waals surface area contributed by atoms with Crippen LogP contribution in [0.5, 0.6) is 0 Å². The van der Waals surface area contributed by atoms with E-state index in [0.29, 0.717) is 6.04 Å². The molecule has 2 atom stereocenters. The van der Waals surface area contributed by atoms with Crippen LogP contribution in [0.15, 0.2) is 24.3 Å². The normalized spacial score (nSPS) is 21.1. The molecule has 18 heavy (non-hydrogen) atoms. The second-order valence-corrected chi connectivity index (χ2v) is 5.42. The highest BCUT2D eigenvalue weighted by atomic mass is 35.5. The summed E-state index contributed by atoms with van der Waals surface area (Å²) in [5, 5.41) is 4.44. The Hall–Kier alpha value is -0.570. The molecule has 0 spiro atoms. The Balaban J connectivity index is 1.79. The van der Waals surface area contributed by atoms with Gasteiger partial charge < -0.3 is 10.1 Å². The first-order valence-electron chi connectivity index (χ1n) is 6.86. The largest absolute Gasteiger partial charge is 0.381 e. The zero-order valence-corrected chi connectivity index (χ0v) is 11.7. The van der Waals surface area contributed by atoms with Gasteiger partial charge in [-0.2, -0.15) is 0 Å². The second-order valence-electron chi connectivity index (χ2n) is 4.98. The predicted molar refractivity (Wildman–Crippen MR) is 76.0 cm³/mol. The first-order chi connectivity index (χ1) is 8.79. The van der Waals surface area contributed by atoms with Crippen molar-refractivity contribution in [2.24, 2.45) is 5.92 Å². The van der Waals surface area contributed by atoms with E-state index in [0.717, 1.165) is 37.1 Å². The standard InChI is InChI=1S/C15H22ClNO/c1-2-15(13-3-5-14(16)6-4-13)17-9-7-12-8-10-18-11-12/h3-6,12,15,17H,2,7-11H2,1H3. The van der Waals surface area contributed by atoms with Gasteiger partial charge in [0.15, 0.2) is 0 Å². The number of halogens is 1. The number of hydrogen-bond donors (Lipinski definition) is 1. The summed E-state index contributed by atoms with van der Waals surface area (Å²) in [4.78, 5) is 0. The first kappa shape index (κ1) is 13.9. The lowest BCUT2D eigenvalue weighted by Gasteiger charge is -2.18. The van der Waals surface area contributed by atoms with E-state index in [4.69, 9.17) is 16.3 Å². The molecule has 1 saturated heterocycles. The van der Waals surface area contributed by atoms with Crippen molar-refractivity contribution in [1.29, 1.82) is 0 Å². The van der Waals surface area contributed by atoms with Gasteiger partial charge in [0.25, 0.3) is 0 Å². The van der Waals surface area contributed by atoms with E-state index in [-0.39, 0.29) is 0 Å². The molecule has 0 aromatic heterocycles. The van der Waals surface area contributed by atoms with Crippen LogP contribution >= 0.6 is 11.6 Å². The van der Waals surface area contributed by atoms with Crippen LogP contribution in [0.2, 0.25) is 5.02 Å². The van der Waals surface area contributed by atoms with Gasteiger partial charge in [0.1, 0.15) is 0 Å². The molecule has 1 aliphatic heterocycles. The van der Waals surface area contributed by atoms with E-state index in [1.165, 1.54) is 18.4 Å². The molecule has 0 aliphatic carbocycles. The Labute approximate surface area is 115 Å². The van der Waals surface area contributed by atoms with Crippen LogP contribution in [-0.2, 0) is 4.74 Å². The number of nitrogens with one attached hydrogen (secondary N) is 1. The van der Waals surface area contributed by atoms with Crippen LogP contribution in [0.3, 0.4) is 0 Å². The lowest BCUT2D eigenvalue weighted by Crippen LogP contribution is -2.23. The molecular weight excluding hydrogens is 246 g/mol. The number of ether oxygens (including phenoxy) is 1. The van der Waals surface area contributed by atoms with Gasteiger partial charge in [-0.15, -0.1) is 0 Å². The summed E-state index contributed by atoms with van der Waals surface area (Å²) in [5.41, 5.74) is 1.32. The van der Waals surface area contributed by atoms with Crippen molar-refractivity contribution >= 4 is 11.6 Å². The van der Waals surface area contributed by atoms with Crippen LogP contribution in [0, 0.1) is 5.92 Å². The Kier molecular flexibility index (Phi) is 5.48. The van der Waals surface area contributed by atoms with E-state index in [2.05, 4.69) is 24.4 Å². The summed E-state index contributed by atoms with van der Waals surface area (Å²) in [6.45, 7) is 5.17. The van der Waals surface area contributed by atoms with Crippen molar-refractivity contribution in [3.8, 4) is 0 Å². The van der Waals surface area contributed by atoms with E-state index in [9.17, 15) is 0 Å². The predicted octanol–water partition coefficient (Wildman–Crippen LogP) is 3.81. The molecular formula is C15H22ClNO. The van der Waals surface area contributed by atoms with E-state index in [1.807, 2.05) is 12.1 Å². The van der Waals surface area contributed by atoms with Crippen LogP contribution < -0.4 is 5.32 Å². The third kappa shape index (κ3) is 3.98. The zero-order valence-electron chi connectivity index (χ0n) is 11.0.